The lowest BCUT2D eigenvalue weighted by molar-refractivity contribution is -0.164. The Morgan fingerprint density at radius 1 is 1.06 bits per heavy atom. The normalized spacial score (nSPS) is 17.1. The van der Waals surface area contributed by atoms with Crippen molar-refractivity contribution in [3.63, 3.8) is 0 Å². The maximum absolute atomic E-state index is 10.1. The van der Waals surface area contributed by atoms with E-state index in [0.29, 0.717) is 6.61 Å². The molecule has 4 atom stereocenters. The molecule has 0 aliphatic carbocycles. The van der Waals surface area contributed by atoms with Crippen LogP contribution in [0.15, 0.2) is 0 Å². The van der Waals surface area contributed by atoms with Crippen molar-refractivity contribution < 1.29 is 40.5 Å². The number of unbranched alkanes of at least 4 members (excludes halogenated alkanes) is 1. The van der Waals surface area contributed by atoms with Gasteiger partial charge in [0.15, 0.2) is 6.10 Å². The Balaban J connectivity index is 0. The number of carbonyl (C=O) groups is 1. The van der Waals surface area contributed by atoms with Gasteiger partial charge in [-0.1, -0.05) is 13.3 Å². The van der Waals surface area contributed by atoms with Gasteiger partial charge in [-0.15, -0.1) is 0 Å². The van der Waals surface area contributed by atoms with Gasteiger partial charge in [0.25, 0.3) is 0 Å². The molecule has 0 aliphatic rings. The van der Waals surface area contributed by atoms with Crippen LogP contribution in [-0.2, 0) is 4.79 Å². The summed E-state index contributed by atoms with van der Waals surface area (Å²) < 4.78 is 0. The molecule has 0 aromatic heterocycles. The van der Waals surface area contributed by atoms with Crippen LogP contribution < -0.4 is 0 Å². The van der Waals surface area contributed by atoms with E-state index in [2.05, 4.69) is 6.92 Å². The average Bonchev–Trinajstić information content (AvgIpc) is 2.36. The maximum Gasteiger partial charge on any atom is 0.335 e. The molecule has 0 amide bonds. The zero-order valence-electron chi connectivity index (χ0n) is 10.2. The monoisotopic (exact) mass is 270 g/mol. The van der Waals surface area contributed by atoms with Crippen LogP contribution in [0.1, 0.15) is 19.8 Å². The minimum atomic E-state index is -2.20. The highest BCUT2D eigenvalue weighted by molar-refractivity contribution is 5.72. The van der Waals surface area contributed by atoms with E-state index in [4.69, 9.17) is 35.7 Å². The molecule has 0 spiro atoms. The van der Waals surface area contributed by atoms with Crippen molar-refractivity contribution in [3.8, 4) is 0 Å². The largest absolute Gasteiger partial charge is 0.479 e. The van der Waals surface area contributed by atoms with E-state index in [1.807, 2.05) is 0 Å². The molecule has 4 unspecified atom stereocenters. The predicted molar refractivity (Wildman–Crippen MR) is 60.7 cm³/mol. The second kappa shape index (κ2) is 11.3. The summed E-state index contributed by atoms with van der Waals surface area (Å²) in [5.41, 5.74) is 0. The van der Waals surface area contributed by atoms with E-state index in [9.17, 15) is 4.79 Å². The molecular weight excluding hydrogens is 248 g/mol. The Morgan fingerprint density at radius 3 is 1.78 bits per heavy atom. The van der Waals surface area contributed by atoms with Crippen molar-refractivity contribution in [2.75, 3.05) is 13.2 Å². The lowest BCUT2D eigenvalue weighted by Gasteiger charge is -2.23. The summed E-state index contributed by atoms with van der Waals surface area (Å²) in [5, 5.41) is 59.9. The molecule has 110 valence electrons. The predicted octanol–water partition coefficient (Wildman–Crippen LogP) is -2.71. The van der Waals surface area contributed by atoms with Gasteiger partial charge in [0.2, 0.25) is 0 Å². The molecule has 0 aromatic rings. The van der Waals surface area contributed by atoms with Crippen LogP contribution in [0.3, 0.4) is 0 Å². The van der Waals surface area contributed by atoms with E-state index in [-0.39, 0.29) is 0 Å². The zero-order valence-corrected chi connectivity index (χ0v) is 10.2. The number of aliphatic carboxylic acids is 1. The number of aliphatic hydroxyl groups is 6. The highest BCUT2D eigenvalue weighted by Crippen LogP contribution is 2.04. The molecule has 8 nitrogen and oxygen atoms in total. The van der Waals surface area contributed by atoms with E-state index in [1.54, 1.807) is 0 Å². The van der Waals surface area contributed by atoms with Gasteiger partial charge in [-0.05, 0) is 6.42 Å². The fraction of sp³-hybridized carbons (Fsp3) is 0.900. The molecule has 0 aromatic carbocycles. The van der Waals surface area contributed by atoms with Gasteiger partial charge in [-0.25, -0.2) is 4.79 Å². The molecular formula is C10H22O8. The fourth-order valence-electron chi connectivity index (χ4n) is 0.827. The lowest BCUT2D eigenvalue weighted by atomic mass is 10.0. The van der Waals surface area contributed by atoms with Crippen LogP contribution in [0.25, 0.3) is 0 Å². The number of aliphatic hydroxyl groups excluding tert-OH is 6. The zero-order chi connectivity index (χ0) is 14.7. The van der Waals surface area contributed by atoms with E-state index in [0.717, 1.165) is 12.8 Å². The Hall–Kier alpha value is -0.770. The van der Waals surface area contributed by atoms with E-state index < -0.39 is 37.0 Å². The topological polar surface area (TPSA) is 159 Å². The fourth-order valence-corrected chi connectivity index (χ4v) is 0.827. The SMILES string of the molecule is CCCCO.O=C(O)C(O)C(O)C(O)C(O)CO. The number of carboxylic acid groups (broad SMARTS) is 1. The van der Waals surface area contributed by atoms with Crippen molar-refractivity contribution in [1.29, 1.82) is 0 Å². The molecule has 0 saturated heterocycles. The number of hydrogen-bond acceptors (Lipinski definition) is 7. The molecule has 8 heteroatoms. The molecule has 0 fully saturated rings. The van der Waals surface area contributed by atoms with Crippen LogP contribution in [-0.4, -0.2) is 79.3 Å². The van der Waals surface area contributed by atoms with Crippen LogP contribution in [0.4, 0.5) is 0 Å². The third-order valence-electron chi connectivity index (χ3n) is 2.02. The highest BCUT2D eigenvalue weighted by Gasteiger charge is 2.33. The third kappa shape index (κ3) is 8.34. The van der Waals surface area contributed by atoms with Gasteiger partial charge in [0.05, 0.1) is 6.61 Å². The summed E-state index contributed by atoms with van der Waals surface area (Å²) in [7, 11) is 0. The van der Waals surface area contributed by atoms with Gasteiger partial charge in [-0.3, -0.25) is 0 Å². The van der Waals surface area contributed by atoms with Crippen molar-refractivity contribution in [1.82, 2.24) is 0 Å². The van der Waals surface area contributed by atoms with Gasteiger partial charge in [0.1, 0.15) is 18.3 Å². The van der Waals surface area contributed by atoms with Crippen LogP contribution in [0.5, 0.6) is 0 Å². The summed E-state index contributed by atoms with van der Waals surface area (Å²) in [5.74, 6) is -1.73. The first-order chi connectivity index (χ1) is 8.33. The van der Waals surface area contributed by atoms with Crippen LogP contribution >= 0.6 is 0 Å². The van der Waals surface area contributed by atoms with Gasteiger partial charge in [0, 0.05) is 6.61 Å². The first-order valence-corrected chi connectivity index (χ1v) is 5.50. The van der Waals surface area contributed by atoms with Crippen LogP contribution in [0, 0.1) is 0 Å². The lowest BCUT2D eigenvalue weighted by Crippen LogP contribution is -2.48. The summed E-state index contributed by atoms with van der Waals surface area (Å²) in [6.07, 6.45) is -5.80. The maximum atomic E-state index is 10.1. The average molecular weight is 270 g/mol. The number of carboxylic acids is 1. The smallest absolute Gasteiger partial charge is 0.335 e. The van der Waals surface area contributed by atoms with Crippen molar-refractivity contribution in [2.24, 2.45) is 0 Å². The first kappa shape index (κ1) is 19.6. The molecule has 0 rings (SSSR count). The van der Waals surface area contributed by atoms with Crippen LogP contribution in [0.2, 0.25) is 0 Å². The minimum absolute atomic E-state index is 0.344. The van der Waals surface area contributed by atoms with E-state index in [1.165, 1.54) is 0 Å². The molecule has 0 bridgehead atoms. The second-order valence-corrected chi connectivity index (χ2v) is 3.59. The first-order valence-electron chi connectivity index (χ1n) is 5.50. The van der Waals surface area contributed by atoms with Crippen molar-refractivity contribution in [3.05, 3.63) is 0 Å². The Labute approximate surface area is 105 Å². The Morgan fingerprint density at radius 2 is 1.56 bits per heavy atom. The number of rotatable bonds is 7. The quantitative estimate of drug-likeness (QED) is 0.263. The van der Waals surface area contributed by atoms with E-state index >= 15 is 0 Å². The standard InChI is InChI=1S/C6H12O7.C4H10O/c7-1-2(8)3(9)4(10)5(11)6(12)13;1-2-3-4-5/h2-5,7-11H,1H2,(H,12,13);5H,2-4H2,1H3. The molecule has 0 saturated carbocycles. The van der Waals surface area contributed by atoms with Gasteiger partial charge >= 0.3 is 5.97 Å². The highest BCUT2D eigenvalue weighted by atomic mass is 16.4. The molecule has 7 N–H and O–H groups in total. The second-order valence-electron chi connectivity index (χ2n) is 3.59. The third-order valence-corrected chi connectivity index (χ3v) is 2.02. The summed E-state index contributed by atoms with van der Waals surface area (Å²) >= 11 is 0. The number of hydrogen-bond donors (Lipinski definition) is 7. The summed E-state index contributed by atoms with van der Waals surface area (Å²) in [4.78, 5) is 10.1. The molecule has 0 aliphatic heterocycles. The molecule has 18 heavy (non-hydrogen) atoms. The van der Waals surface area contributed by atoms with Gasteiger partial charge in [-0.2, -0.15) is 0 Å². The Bertz CT molecular complexity index is 208. The van der Waals surface area contributed by atoms with Crippen molar-refractivity contribution >= 4 is 5.97 Å². The van der Waals surface area contributed by atoms with Gasteiger partial charge < -0.3 is 35.7 Å². The Kier molecular flexibility index (Phi) is 12.3. The minimum Gasteiger partial charge on any atom is -0.479 e. The molecule has 0 heterocycles. The summed E-state index contributed by atoms with van der Waals surface area (Å²) in [6, 6.07) is 0. The summed E-state index contributed by atoms with van der Waals surface area (Å²) in [6.45, 7) is 1.55. The molecule has 0 radical (unpaired) electrons. The van der Waals surface area contributed by atoms with Crippen molar-refractivity contribution in [2.45, 2.75) is 44.2 Å².